The summed E-state index contributed by atoms with van der Waals surface area (Å²) in [5, 5.41) is 3.05. The van der Waals surface area contributed by atoms with E-state index in [1.54, 1.807) is 12.1 Å². The molecule has 4 heteroatoms. The molecule has 0 unspecified atom stereocenters. The number of nitrogens with one attached hydrogen (secondary N) is 1. The Morgan fingerprint density at radius 3 is 2.77 bits per heavy atom. The summed E-state index contributed by atoms with van der Waals surface area (Å²) in [6.45, 7) is 0.495. The maximum atomic E-state index is 12.9. The largest absolute Gasteiger partial charge is 0.329 e. The zero-order valence-electron chi connectivity index (χ0n) is 7.35. The monoisotopic (exact) mass is 246 g/mol. The van der Waals surface area contributed by atoms with Gasteiger partial charge in [0.15, 0.2) is 0 Å². The van der Waals surface area contributed by atoms with Crippen LogP contribution in [0.3, 0.4) is 0 Å². The second-order valence-corrected chi connectivity index (χ2v) is 3.60. The van der Waals surface area contributed by atoms with Crippen molar-refractivity contribution in [3.8, 4) is 0 Å². The summed E-state index contributed by atoms with van der Waals surface area (Å²) in [6, 6.07) is 4.98. The molecule has 0 spiro atoms. The third-order valence-corrected chi connectivity index (χ3v) is 2.54. The van der Waals surface area contributed by atoms with Crippen LogP contribution < -0.4 is 11.1 Å². The molecule has 3 N–H and O–H groups in total. The van der Waals surface area contributed by atoms with Crippen LogP contribution in [0, 0.1) is 5.82 Å². The highest BCUT2D eigenvalue weighted by molar-refractivity contribution is 9.10. The molecule has 0 aliphatic heterocycles. The average molecular weight is 247 g/mol. The number of rotatable bonds is 3. The molecule has 13 heavy (non-hydrogen) atoms. The maximum Gasteiger partial charge on any atom is 0.137 e. The van der Waals surface area contributed by atoms with Gasteiger partial charge in [0, 0.05) is 12.6 Å². The number of hydrogen-bond donors (Lipinski definition) is 2. The summed E-state index contributed by atoms with van der Waals surface area (Å²) in [5.74, 6) is -0.254. The Bertz CT molecular complexity index is 287. The van der Waals surface area contributed by atoms with Crippen molar-refractivity contribution < 1.29 is 4.39 Å². The van der Waals surface area contributed by atoms with Crippen LogP contribution in [0.25, 0.3) is 0 Å². The highest BCUT2D eigenvalue weighted by atomic mass is 79.9. The first-order chi connectivity index (χ1) is 6.19. The van der Waals surface area contributed by atoms with Gasteiger partial charge in [-0.1, -0.05) is 6.07 Å². The Balaban J connectivity index is 2.95. The molecule has 0 radical (unpaired) electrons. The van der Waals surface area contributed by atoms with Crippen LogP contribution in [-0.2, 0) is 0 Å². The first-order valence-corrected chi connectivity index (χ1v) is 4.80. The van der Waals surface area contributed by atoms with Gasteiger partial charge >= 0.3 is 0 Å². The normalized spacial score (nSPS) is 12.9. The van der Waals surface area contributed by atoms with Gasteiger partial charge in [0.1, 0.15) is 5.82 Å². The lowest BCUT2D eigenvalue weighted by Crippen LogP contribution is -2.24. The number of benzene rings is 1. The van der Waals surface area contributed by atoms with Crippen LogP contribution in [0.5, 0.6) is 0 Å². The highest BCUT2D eigenvalue weighted by Crippen LogP contribution is 2.20. The minimum atomic E-state index is -0.254. The molecule has 0 heterocycles. The third-order valence-electron chi connectivity index (χ3n) is 1.93. The van der Waals surface area contributed by atoms with Crippen molar-refractivity contribution in [2.45, 2.75) is 6.04 Å². The molecule has 0 aliphatic carbocycles. The molecule has 2 nitrogen and oxygen atoms in total. The molecule has 0 bridgehead atoms. The number of nitrogens with two attached hydrogens (primary N) is 1. The topological polar surface area (TPSA) is 38.0 Å². The molecule has 0 fully saturated rings. The molecule has 1 aromatic rings. The zero-order valence-corrected chi connectivity index (χ0v) is 8.94. The summed E-state index contributed by atoms with van der Waals surface area (Å²) < 4.78 is 13.3. The molecule has 0 aromatic heterocycles. The van der Waals surface area contributed by atoms with Crippen LogP contribution in [0.4, 0.5) is 4.39 Å². The molecule has 0 saturated heterocycles. The van der Waals surface area contributed by atoms with E-state index in [0.29, 0.717) is 11.0 Å². The van der Waals surface area contributed by atoms with Gasteiger partial charge in [0.25, 0.3) is 0 Å². The zero-order chi connectivity index (χ0) is 9.84. The first-order valence-electron chi connectivity index (χ1n) is 4.01. The van der Waals surface area contributed by atoms with Crippen LogP contribution in [-0.4, -0.2) is 13.6 Å². The summed E-state index contributed by atoms with van der Waals surface area (Å²) in [4.78, 5) is 0. The van der Waals surface area contributed by atoms with Crippen LogP contribution in [0.1, 0.15) is 11.6 Å². The fourth-order valence-corrected chi connectivity index (χ4v) is 1.55. The lowest BCUT2D eigenvalue weighted by molar-refractivity contribution is 0.594. The van der Waals surface area contributed by atoms with Crippen LogP contribution >= 0.6 is 15.9 Å². The van der Waals surface area contributed by atoms with Gasteiger partial charge in [-0.15, -0.1) is 0 Å². The van der Waals surface area contributed by atoms with E-state index < -0.39 is 0 Å². The van der Waals surface area contributed by atoms with Gasteiger partial charge < -0.3 is 11.1 Å². The minimum absolute atomic E-state index is 0.0805. The SMILES string of the molecule is CN[C@@H](CN)c1ccc(F)c(Br)c1. The predicted molar refractivity (Wildman–Crippen MR) is 55.0 cm³/mol. The second-order valence-electron chi connectivity index (χ2n) is 2.75. The summed E-state index contributed by atoms with van der Waals surface area (Å²) in [5.41, 5.74) is 6.52. The van der Waals surface area contributed by atoms with Crippen molar-refractivity contribution in [3.05, 3.63) is 34.1 Å². The van der Waals surface area contributed by atoms with Gasteiger partial charge in [0.2, 0.25) is 0 Å². The Morgan fingerprint density at radius 2 is 2.31 bits per heavy atom. The molecule has 1 aromatic carbocycles. The van der Waals surface area contributed by atoms with Crippen LogP contribution in [0.15, 0.2) is 22.7 Å². The van der Waals surface area contributed by atoms with E-state index in [9.17, 15) is 4.39 Å². The van der Waals surface area contributed by atoms with E-state index >= 15 is 0 Å². The van der Waals surface area contributed by atoms with E-state index in [-0.39, 0.29) is 11.9 Å². The number of hydrogen-bond acceptors (Lipinski definition) is 2. The summed E-state index contributed by atoms with van der Waals surface area (Å²) in [6.07, 6.45) is 0. The Kier molecular flexibility index (Phi) is 3.84. The summed E-state index contributed by atoms with van der Waals surface area (Å²) in [7, 11) is 1.83. The van der Waals surface area contributed by atoms with Gasteiger partial charge in [0.05, 0.1) is 4.47 Å². The first kappa shape index (κ1) is 10.6. The van der Waals surface area contributed by atoms with Gasteiger partial charge in [-0.3, -0.25) is 0 Å². The van der Waals surface area contributed by atoms with Crippen molar-refractivity contribution in [3.63, 3.8) is 0 Å². The fourth-order valence-electron chi connectivity index (χ4n) is 1.15. The predicted octanol–water partition coefficient (Wildman–Crippen LogP) is 1.81. The standard InChI is InChI=1S/C9H12BrFN2/c1-13-9(5-12)6-2-3-8(11)7(10)4-6/h2-4,9,13H,5,12H2,1H3/t9-/m0/s1. The van der Waals surface area contributed by atoms with Gasteiger partial charge in [-0.05, 0) is 40.7 Å². The van der Waals surface area contributed by atoms with E-state index in [1.165, 1.54) is 6.07 Å². The van der Waals surface area contributed by atoms with Crippen molar-refractivity contribution in [1.82, 2.24) is 5.32 Å². The lowest BCUT2D eigenvalue weighted by Gasteiger charge is -2.14. The molecule has 0 aliphatic rings. The molecular weight excluding hydrogens is 235 g/mol. The van der Waals surface area contributed by atoms with Gasteiger partial charge in [-0.2, -0.15) is 0 Å². The molecule has 0 saturated carbocycles. The smallest absolute Gasteiger partial charge is 0.137 e. The Labute approximate surface area is 85.4 Å². The van der Waals surface area contributed by atoms with Crippen molar-refractivity contribution in [1.29, 1.82) is 0 Å². The minimum Gasteiger partial charge on any atom is -0.329 e. The van der Waals surface area contributed by atoms with E-state index in [4.69, 9.17) is 5.73 Å². The molecule has 1 rings (SSSR count). The van der Waals surface area contributed by atoms with Crippen molar-refractivity contribution in [2.24, 2.45) is 5.73 Å². The Morgan fingerprint density at radius 1 is 1.62 bits per heavy atom. The van der Waals surface area contributed by atoms with E-state index in [1.807, 2.05) is 7.05 Å². The molecular formula is C9H12BrFN2. The molecule has 0 amide bonds. The number of halogens is 2. The van der Waals surface area contributed by atoms with E-state index in [0.717, 1.165) is 5.56 Å². The van der Waals surface area contributed by atoms with Crippen molar-refractivity contribution >= 4 is 15.9 Å². The molecule has 72 valence electrons. The quantitative estimate of drug-likeness (QED) is 0.854. The average Bonchev–Trinajstić information content (AvgIpc) is 2.13. The summed E-state index contributed by atoms with van der Waals surface area (Å²) >= 11 is 3.13. The number of likely N-dealkylation sites (N-methyl/N-ethyl adjacent to an activating group) is 1. The van der Waals surface area contributed by atoms with E-state index in [2.05, 4.69) is 21.2 Å². The van der Waals surface area contributed by atoms with Crippen molar-refractivity contribution in [2.75, 3.05) is 13.6 Å². The maximum absolute atomic E-state index is 12.9. The third kappa shape index (κ3) is 2.49. The lowest BCUT2D eigenvalue weighted by atomic mass is 10.1. The van der Waals surface area contributed by atoms with Crippen LogP contribution in [0.2, 0.25) is 0 Å². The fraction of sp³-hybridized carbons (Fsp3) is 0.333. The highest BCUT2D eigenvalue weighted by Gasteiger charge is 2.08. The second kappa shape index (κ2) is 4.69. The molecule has 1 atom stereocenters. The van der Waals surface area contributed by atoms with Gasteiger partial charge in [-0.25, -0.2) is 4.39 Å². The Hall–Kier alpha value is -0.450.